The molecule has 0 saturated carbocycles. The number of aromatic nitrogens is 3. The molecule has 0 spiro atoms. The van der Waals surface area contributed by atoms with E-state index in [1.807, 2.05) is 33.7 Å². The molecular weight excluding hydrogens is 324 g/mol. The Bertz CT molecular complexity index is 984. The van der Waals surface area contributed by atoms with Crippen LogP contribution in [0.4, 0.5) is 0 Å². The van der Waals surface area contributed by atoms with Crippen LogP contribution in [0.3, 0.4) is 0 Å². The normalized spacial score (nSPS) is 18.6. The van der Waals surface area contributed by atoms with Crippen LogP contribution in [0.5, 0.6) is 0 Å². The number of likely N-dealkylation sites (tertiary alicyclic amines) is 1. The molecule has 6 nitrogen and oxygen atoms in total. The Kier molecular flexibility index (Phi) is 3.68. The molecule has 3 aromatic rings. The molecule has 0 aliphatic carbocycles. The van der Waals surface area contributed by atoms with Gasteiger partial charge in [0.1, 0.15) is 17.9 Å². The van der Waals surface area contributed by atoms with E-state index >= 15 is 0 Å². The van der Waals surface area contributed by atoms with Crippen LogP contribution < -0.4 is 5.56 Å². The third kappa shape index (κ3) is 2.43. The molecule has 0 aromatic carbocycles. The number of amides is 1. The summed E-state index contributed by atoms with van der Waals surface area (Å²) >= 11 is 1.60. The fraction of sp³-hybridized carbons (Fsp3) is 0.471. The molecule has 1 aliphatic rings. The summed E-state index contributed by atoms with van der Waals surface area (Å²) < 4.78 is 4.25. The monoisotopic (exact) mass is 344 g/mol. The summed E-state index contributed by atoms with van der Waals surface area (Å²) in [6, 6.07) is 3.88. The first-order valence-corrected chi connectivity index (χ1v) is 9.16. The maximum Gasteiger partial charge on any atom is 0.291 e. The van der Waals surface area contributed by atoms with Crippen LogP contribution >= 0.6 is 11.3 Å². The van der Waals surface area contributed by atoms with Crippen LogP contribution in [0.2, 0.25) is 0 Å². The van der Waals surface area contributed by atoms with E-state index in [9.17, 15) is 9.59 Å². The van der Waals surface area contributed by atoms with Gasteiger partial charge in [0, 0.05) is 13.1 Å². The molecule has 0 bridgehead atoms. The van der Waals surface area contributed by atoms with Crippen LogP contribution in [0.25, 0.3) is 15.7 Å². The van der Waals surface area contributed by atoms with E-state index < -0.39 is 0 Å². The predicted octanol–water partition coefficient (Wildman–Crippen LogP) is 2.28. The summed E-state index contributed by atoms with van der Waals surface area (Å²) in [7, 11) is 0. The number of hydrogen-bond acceptors (Lipinski definition) is 4. The van der Waals surface area contributed by atoms with Gasteiger partial charge in [0.15, 0.2) is 0 Å². The summed E-state index contributed by atoms with van der Waals surface area (Å²) in [5.41, 5.74) is 1.38. The van der Waals surface area contributed by atoms with Gasteiger partial charge in [-0.1, -0.05) is 6.92 Å². The van der Waals surface area contributed by atoms with Gasteiger partial charge in [0.05, 0.1) is 10.2 Å². The van der Waals surface area contributed by atoms with Crippen molar-refractivity contribution in [2.45, 2.75) is 33.2 Å². The van der Waals surface area contributed by atoms with Crippen molar-refractivity contribution < 1.29 is 4.79 Å². The fourth-order valence-electron chi connectivity index (χ4n) is 3.58. The molecule has 1 atom stereocenters. The Morgan fingerprint density at radius 3 is 3.04 bits per heavy atom. The van der Waals surface area contributed by atoms with Crippen LogP contribution in [-0.4, -0.2) is 38.1 Å². The average molecular weight is 344 g/mol. The van der Waals surface area contributed by atoms with E-state index in [2.05, 4.69) is 12.0 Å². The third-order valence-electron chi connectivity index (χ3n) is 4.76. The van der Waals surface area contributed by atoms with Gasteiger partial charge < -0.3 is 4.90 Å². The van der Waals surface area contributed by atoms with Crippen molar-refractivity contribution in [1.82, 2.24) is 19.1 Å². The minimum atomic E-state index is -0.206. The maximum atomic E-state index is 12.7. The molecule has 0 N–H and O–H groups in total. The highest BCUT2D eigenvalue weighted by molar-refractivity contribution is 7.17. The molecular formula is C17H20N4O2S. The molecule has 126 valence electrons. The average Bonchev–Trinajstić information content (AvgIpc) is 3.13. The predicted molar refractivity (Wildman–Crippen MR) is 94.6 cm³/mol. The van der Waals surface area contributed by atoms with Gasteiger partial charge in [-0.15, -0.1) is 11.3 Å². The van der Waals surface area contributed by atoms with Crippen molar-refractivity contribution in [1.29, 1.82) is 0 Å². The fourth-order valence-corrected chi connectivity index (χ4v) is 4.38. The number of nitrogens with zero attached hydrogens (tertiary/aromatic N) is 4. The van der Waals surface area contributed by atoms with Crippen LogP contribution in [-0.2, 0) is 11.3 Å². The number of hydrogen-bond donors (Lipinski definition) is 0. The molecule has 1 saturated heterocycles. The summed E-state index contributed by atoms with van der Waals surface area (Å²) in [5, 5.41) is 6.38. The van der Waals surface area contributed by atoms with Gasteiger partial charge in [0.2, 0.25) is 5.91 Å². The molecule has 1 fully saturated rings. The first-order chi connectivity index (χ1) is 11.5. The minimum absolute atomic E-state index is 0.0156. The maximum absolute atomic E-state index is 12.7. The topological polar surface area (TPSA) is 59.6 Å². The first-order valence-electron chi connectivity index (χ1n) is 8.29. The molecule has 7 heteroatoms. The van der Waals surface area contributed by atoms with Crippen molar-refractivity contribution in [2.75, 3.05) is 13.1 Å². The van der Waals surface area contributed by atoms with Crippen LogP contribution in [0.15, 0.2) is 22.3 Å². The van der Waals surface area contributed by atoms with E-state index in [1.165, 1.54) is 4.68 Å². The Morgan fingerprint density at radius 2 is 2.25 bits per heavy atom. The SMILES string of the molecule is Cc1nn(CC(=O)N2CCC[C@H](C)C2)c(=O)c2cc3sccc3n12. The number of piperidine rings is 1. The van der Waals surface area contributed by atoms with Crippen LogP contribution in [0.1, 0.15) is 25.6 Å². The van der Waals surface area contributed by atoms with Crippen molar-refractivity contribution in [3.63, 3.8) is 0 Å². The molecule has 1 aliphatic heterocycles. The zero-order chi connectivity index (χ0) is 16.8. The highest BCUT2D eigenvalue weighted by Crippen LogP contribution is 2.24. The van der Waals surface area contributed by atoms with Crippen LogP contribution in [0, 0.1) is 12.8 Å². The standard InChI is InChI=1S/C17H20N4O2S/c1-11-4-3-6-19(9-11)16(22)10-20-17(23)14-8-15-13(5-7-24-15)21(14)12(2)18-20/h5,7-8,11H,3-4,6,9-10H2,1-2H3/t11-/m0/s1. The van der Waals surface area contributed by atoms with Crippen molar-refractivity contribution in [2.24, 2.45) is 5.92 Å². The van der Waals surface area contributed by atoms with Crippen molar-refractivity contribution in [3.8, 4) is 0 Å². The molecule has 0 unspecified atom stereocenters. The molecule has 4 heterocycles. The van der Waals surface area contributed by atoms with Gasteiger partial charge in [-0.3, -0.25) is 14.0 Å². The number of fused-ring (bicyclic) bond motifs is 3. The lowest BCUT2D eigenvalue weighted by molar-refractivity contribution is -0.133. The second kappa shape index (κ2) is 5.73. The zero-order valence-corrected chi connectivity index (χ0v) is 14.7. The molecule has 4 rings (SSSR count). The van der Waals surface area contributed by atoms with Gasteiger partial charge >= 0.3 is 0 Å². The summed E-state index contributed by atoms with van der Waals surface area (Å²) in [6.45, 7) is 5.60. The summed E-state index contributed by atoms with van der Waals surface area (Å²) in [5.74, 6) is 1.22. The first kappa shape index (κ1) is 15.4. The second-order valence-corrected chi connectivity index (χ2v) is 7.58. The quantitative estimate of drug-likeness (QED) is 0.716. The van der Waals surface area contributed by atoms with E-state index in [4.69, 9.17) is 0 Å². The lowest BCUT2D eigenvalue weighted by atomic mass is 10.0. The van der Waals surface area contributed by atoms with Gasteiger partial charge in [-0.25, -0.2) is 4.68 Å². The molecule has 0 radical (unpaired) electrons. The van der Waals surface area contributed by atoms with E-state index in [0.717, 1.165) is 42.0 Å². The van der Waals surface area contributed by atoms with Gasteiger partial charge in [0.25, 0.3) is 5.56 Å². The van der Waals surface area contributed by atoms with Crippen molar-refractivity contribution >= 4 is 33.0 Å². The Morgan fingerprint density at radius 1 is 1.42 bits per heavy atom. The molecule has 1 amide bonds. The minimum Gasteiger partial charge on any atom is -0.341 e. The number of thiophene rings is 1. The van der Waals surface area contributed by atoms with Crippen molar-refractivity contribution in [3.05, 3.63) is 33.7 Å². The Labute approximate surface area is 143 Å². The van der Waals surface area contributed by atoms with E-state index in [-0.39, 0.29) is 18.0 Å². The number of carbonyl (C=O) groups excluding carboxylic acids is 1. The largest absolute Gasteiger partial charge is 0.341 e. The molecule has 3 aromatic heterocycles. The highest BCUT2D eigenvalue weighted by Gasteiger charge is 2.22. The zero-order valence-electron chi connectivity index (χ0n) is 13.9. The van der Waals surface area contributed by atoms with E-state index in [1.54, 1.807) is 11.3 Å². The lowest BCUT2D eigenvalue weighted by Crippen LogP contribution is -2.42. The second-order valence-electron chi connectivity index (χ2n) is 6.63. The third-order valence-corrected chi connectivity index (χ3v) is 5.61. The number of rotatable bonds is 2. The highest BCUT2D eigenvalue weighted by atomic mass is 32.1. The summed E-state index contributed by atoms with van der Waals surface area (Å²) in [6.07, 6.45) is 2.19. The number of carbonyl (C=O) groups is 1. The Balaban J connectivity index is 1.70. The summed E-state index contributed by atoms with van der Waals surface area (Å²) in [4.78, 5) is 27.2. The smallest absolute Gasteiger partial charge is 0.291 e. The molecule has 24 heavy (non-hydrogen) atoms. The lowest BCUT2D eigenvalue weighted by Gasteiger charge is -2.31. The van der Waals surface area contributed by atoms with Gasteiger partial charge in [-0.2, -0.15) is 5.10 Å². The van der Waals surface area contributed by atoms with E-state index in [0.29, 0.717) is 11.4 Å². The van der Waals surface area contributed by atoms with Gasteiger partial charge in [-0.05, 0) is 43.2 Å². The number of aryl methyl sites for hydroxylation is 1. The Hall–Kier alpha value is -2.15.